The van der Waals surface area contributed by atoms with E-state index in [0.717, 1.165) is 44.1 Å². The molecule has 3 aliphatic carbocycles. The van der Waals surface area contributed by atoms with Crippen LogP contribution in [0, 0.1) is 0 Å². The second-order valence-corrected chi connectivity index (χ2v) is 10.8. The zero-order valence-corrected chi connectivity index (χ0v) is 18.0. The molecule has 156 valence electrons. The van der Waals surface area contributed by atoms with Crippen LogP contribution in [0.15, 0.2) is 23.1 Å². The van der Waals surface area contributed by atoms with Crippen LogP contribution in [0.25, 0.3) is 0 Å². The molecule has 4 heteroatoms. The van der Waals surface area contributed by atoms with Crippen molar-refractivity contribution in [2.24, 2.45) is 0 Å². The minimum atomic E-state index is -3.70. The van der Waals surface area contributed by atoms with Crippen LogP contribution >= 0.6 is 0 Å². The topological polar surface area (TPSA) is 43.4 Å². The molecule has 3 aliphatic rings. The maximum Gasteiger partial charge on any atom is 0.297 e. The average Bonchev–Trinajstić information content (AvgIpc) is 2.75. The highest BCUT2D eigenvalue weighted by atomic mass is 32.2. The number of rotatable bonds is 5. The molecule has 3 fully saturated rings. The highest BCUT2D eigenvalue weighted by molar-refractivity contribution is 7.86. The van der Waals surface area contributed by atoms with Gasteiger partial charge in [0.15, 0.2) is 0 Å². The molecule has 0 aromatic heterocycles. The molecular weight excluding hydrogens is 368 g/mol. The molecule has 28 heavy (non-hydrogen) atoms. The molecule has 1 aromatic carbocycles. The monoisotopic (exact) mass is 404 g/mol. The van der Waals surface area contributed by atoms with Gasteiger partial charge in [0.2, 0.25) is 0 Å². The Labute approximate surface area is 171 Å². The van der Waals surface area contributed by atoms with E-state index in [1.54, 1.807) is 0 Å². The van der Waals surface area contributed by atoms with Crippen LogP contribution in [0.4, 0.5) is 0 Å². The third kappa shape index (κ3) is 4.64. The fraction of sp³-hybridized carbons (Fsp3) is 0.750. The molecule has 1 aromatic rings. The third-order valence-electron chi connectivity index (χ3n) is 7.24. The van der Waals surface area contributed by atoms with Gasteiger partial charge in [0, 0.05) is 0 Å². The van der Waals surface area contributed by atoms with Gasteiger partial charge in [0.05, 0.1) is 11.0 Å². The fourth-order valence-corrected chi connectivity index (χ4v) is 7.22. The summed E-state index contributed by atoms with van der Waals surface area (Å²) in [6.45, 7) is 0. The van der Waals surface area contributed by atoms with Crippen molar-refractivity contribution in [1.29, 1.82) is 0 Å². The van der Waals surface area contributed by atoms with E-state index in [1.807, 2.05) is 12.1 Å². The van der Waals surface area contributed by atoms with E-state index < -0.39 is 10.1 Å². The standard InChI is InChI=1S/C24H36O3S/c25-28(26,27-21-15-8-3-9-16-21)23-18-10-17-22(19-11-4-1-5-12-19)24(23)20-13-6-2-7-14-20/h10,17-21H,1-9,11-16H2. The molecular formula is C24H36O3S. The van der Waals surface area contributed by atoms with Crippen molar-refractivity contribution in [2.75, 3.05) is 0 Å². The predicted octanol–water partition coefficient (Wildman–Crippen LogP) is 6.82. The zero-order chi connectivity index (χ0) is 19.4. The Hall–Kier alpha value is -0.870. The van der Waals surface area contributed by atoms with Gasteiger partial charge in [-0.15, -0.1) is 0 Å². The van der Waals surface area contributed by atoms with Gasteiger partial charge < -0.3 is 0 Å². The van der Waals surface area contributed by atoms with Gasteiger partial charge in [-0.25, -0.2) is 0 Å². The summed E-state index contributed by atoms with van der Waals surface area (Å²) in [5.74, 6) is 0.905. The number of hydrogen-bond acceptors (Lipinski definition) is 3. The van der Waals surface area contributed by atoms with Gasteiger partial charge in [-0.3, -0.25) is 4.18 Å². The summed E-state index contributed by atoms with van der Waals surface area (Å²) in [6.07, 6.45) is 17.2. The van der Waals surface area contributed by atoms with E-state index >= 15 is 0 Å². The lowest BCUT2D eigenvalue weighted by Gasteiger charge is -2.31. The second kappa shape index (κ2) is 9.30. The Morgan fingerprint density at radius 2 is 1.21 bits per heavy atom. The van der Waals surface area contributed by atoms with Crippen LogP contribution in [0.1, 0.15) is 119 Å². The maximum atomic E-state index is 13.4. The van der Waals surface area contributed by atoms with Gasteiger partial charge in [-0.1, -0.05) is 69.9 Å². The highest BCUT2D eigenvalue weighted by Gasteiger charge is 2.32. The normalized spacial score (nSPS) is 23.7. The summed E-state index contributed by atoms with van der Waals surface area (Å²) in [6, 6.07) is 6.02. The lowest BCUT2D eigenvalue weighted by molar-refractivity contribution is 0.162. The number of hydrogen-bond donors (Lipinski definition) is 0. The van der Waals surface area contributed by atoms with Crippen LogP contribution in [-0.4, -0.2) is 14.5 Å². The van der Waals surface area contributed by atoms with Gasteiger partial charge in [0.25, 0.3) is 10.1 Å². The quantitative estimate of drug-likeness (QED) is 0.506. The van der Waals surface area contributed by atoms with E-state index in [-0.39, 0.29) is 6.10 Å². The van der Waals surface area contributed by atoms with E-state index in [2.05, 4.69) is 6.07 Å². The lowest BCUT2D eigenvalue weighted by Crippen LogP contribution is -2.23. The first kappa shape index (κ1) is 20.4. The molecule has 3 saturated carbocycles. The first-order chi connectivity index (χ1) is 13.6. The smallest absolute Gasteiger partial charge is 0.263 e. The molecule has 0 N–H and O–H groups in total. The molecule has 0 radical (unpaired) electrons. The Morgan fingerprint density at radius 3 is 1.82 bits per heavy atom. The average molecular weight is 405 g/mol. The Bertz CT molecular complexity index is 737. The van der Waals surface area contributed by atoms with E-state index in [0.29, 0.717) is 16.7 Å². The second-order valence-electron chi connectivity index (χ2n) is 9.24. The minimum Gasteiger partial charge on any atom is -0.263 e. The summed E-state index contributed by atoms with van der Waals surface area (Å²) < 4.78 is 32.6. The van der Waals surface area contributed by atoms with Crippen molar-refractivity contribution >= 4 is 10.1 Å². The van der Waals surface area contributed by atoms with Crippen LogP contribution in [-0.2, 0) is 14.3 Å². The van der Waals surface area contributed by atoms with Gasteiger partial charge in [-0.2, -0.15) is 8.42 Å². The first-order valence-corrected chi connectivity index (χ1v) is 13.1. The lowest BCUT2D eigenvalue weighted by atomic mass is 9.76. The molecule has 0 heterocycles. The molecule has 0 amide bonds. The third-order valence-corrected chi connectivity index (χ3v) is 8.66. The van der Waals surface area contributed by atoms with Crippen LogP contribution < -0.4 is 0 Å². The Balaban J connectivity index is 1.70. The maximum absolute atomic E-state index is 13.4. The van der Waals surface area contributed by atoms with E-state index in [4.69, 9.17) is 4.18 Å². The van der Waals surface area contributed by atoms with Gasteiger partial charge in [-0.05, 0) is 67.6 Å². The van der Waals surface area contributed by atoms with Crippen LogP contribution in [0.5, 0.6) is 0 Å². The number of benzene rings is 1. The van der Waals surface area contributed by atoms with Crippen molar-refractivity contribution < 1.29 is 12.6 Å². The summed E-state index contributed by atoms with van der Waals surface area (Å²) in [4.78, 5) is 0.494. The SMILES string of the molecule is O=S(=O)(OC1CCCCC1)c1cccc(C2CCCCC2)c1C1CCCCC1. The first-order valence-electron chi connectivity index (χ1n) is 11.7. The molecule has 0 saturated heterocycles. The van der Waals surface area contributed by atoms with E-state index in [1.165, 1.54) is 63.4 Å². The minimum absolute atomic E-state index is 0.128. The van der Waals surface area contributed by atoms with Crippen molar-refractivity contribution in [3.8, 4) is 0 Å². The largest absolute Gasteiger partial charge is 0.297 e. The van der Waals surface area contributed by atoms with Gasteiger partial charge in [0.1, 0.15) is 0 Å². The summed E-state index contributed by atoms with van der Waals surface area (Å²) in [5, 5.41) is 0. The molecule has 0 bridgehead atoms. The van der Waals surface area contributed by atoms with Crippen molar-refractivity contribution in [2.45, 2.75) is 119 Å². The zero-order valence-electron chi connectivity index (χ0n) is 17.2. The summed E-state index contributed by atoms with van der Waals surface area (Å²) in [5.41, 5.74) is 2.45. The van der Waals surface area contributed by atoms with Crippen LogP contribution in [0.3, 0.4) is 0 Å². The summed E-state index contributed by atoms with van der Waals surface area (Å²) in [7, 11) is -3.70. The Kier molecular flexibility index (Phi) is 6.78. The highest BCUT2D eigenvalue weighted by Crippen LogP contribution is 2.44. The molecule has 3 nitrogen and oxygen atoms in total. The molecule has 0 aliphatic heterocycles. The van der Waals surface area contributed by atoms with Crippen molar-refractivity contribution in [3.63, 3.8) is 0 Å². The molecule has 0 unspecified atom stereocenters. The van der Waals surface area contributed by atoms with Crippen molar-refractivity contribution in [3.05, 3.63) is 29.3 Å². The van der Waals surface area contributed by atoms with Gasteiger partial charge >= 0.3 is 0 Å². The predicted molar refractivity (Wildman–Crippen MR) is 113 cm³/mol. The molecule has 4 rings (SSSR count). The molecule has 0 spiro atoms. The fourth-order valence-electron chi connectivity index (χ4n) is 5.77. The van der Waals surface area contributed by atoms with E-state index in [9.17, 15) is 8.42 Å². The Morgan fingerprint density at radius 1 is 0.679 bits per heavy atom. The van der Waals surface area contributed by atoms with Crippen LogP contribution in [0.2, 0.25) is 0 Å². The molecule has 0 atom stereocenters. The summed E-state index contributed by atoms with van der Waals surface area (Å²) >= 11 is 0. The van der Waals surface area contributed by atoms with Crippen molar-refractivity contribution in [1.82, 2.24) is 0 Å².